The Bertz CT molecular complexity index is 1050. The summed E-state index contributed by atoms with van der Waals surface area (Å²) < 4.78 is 2.08. The lowest BCUT2D eigenvalue weighted by atomic mass is 9.85. The highest BCUT2D eigenvalue weighted by Gasteiger charge is 2.51. The molecular formula is C20H22N6O. The van der Waals surface area contributed by atoms with E-state index in [0.29, 0.717) is 6.04 Å². The molecule has 5 rings (SSSR count). The minimum absolute atomic E-state index is 0.0925. The Balaban J connectivity index is 1.34. The smallest absolute Gasteiger partial charge is 0.240 e. The maximum atomic E-state index is 13.0. The molecule has 1 amide bonds. The number of hydrogen-bond donors (Lipinski definition) is 1. The lowest BCUT2D eigenvalue weighted by molar-refractivity contribution is -0.123. The fraction of sp³-hybridized carbons (Fsp3) is 0.400. The van der Waals surface area contributed by atoms with Crippen LogP contribution in [0.2, 0.25) is 0 Å². The topological polar surface area (TPSA) is 75.9 Å². The Kier molecular flexibility index (Phi) is 3.32. The summed E-state index contributed by atoms with van der Waals surface area (Å²) in [5.41, 5.74) is 2.26. The predicted octanol–water partition coefficient (Wildman–Crippen LogP) is 2.63. The summed E-state index contributed by atoms with van der Waals surface area (Å²) in [7, 11) is 2.02. The molecule has 0 bridgehead atoms. The molecule has 2 aromatic heterocycles. The van der Waals surface area contributed by atoms with Crippen LogP contribution in [0.1, 0.15) is 32.4 Å². The standard InChI is InChI=1S/C20H22N6O/c1-20(2)16-17(22-9-8-21-16)26(18(20)27)13-10-12(11-13)23-19-24-14-6-4-5-7-15(14)25(19)3/h4-9,12-13H,10-11H2,1-3H3,(H,23,24). The zero-order valence-corrected chi connectivity index (χ0v) is 15.7. The maximum Gasteiger partial charge on any atom is 0.240 e. The van der Waals surface area contributed by atoms with E-state index in [4.69, 9.17) is 0 Å². The Hall–Kier alpha value is -2.96. The van der Waals surface area contributed by atoms with Gasteiger partial charge in [0.15, 0.2) is 5.82 Å². The van der Waals surface area contributed by atoms with Gasteiger partial charge in [0.1, 0.15) is 0 Å². The third kappa shape index (κ3) is 2.27. The van der Waals surface area contributed by atoms with Crippen LogP contribution in [0.15, 0.2) is 36.7 Å². The van der Waals surface area contributed by atoms with Gasteiger partial charge in [-0.25, -0.2) is 9.97 Å². The fourth-order valence-corrected chi connectivity index (χ4v) is 4.16. The molecule has 27 heavy (non-hydrogen) atoms. The van der Waals surface area contributed by atoms with E-state index in [1.807, 2.05) is 44.0 Å². The first-order valence-electron chi connectivity index (χ1n) is 9.30. The molecule has 0 radical (unpaired) electrons. The van der Waals surface area contributed by atoms with E-state index < -0.39 is 5.41 Å². The molecule has 1 aliphatic carbocycles. The van der Waals surface area contributed by atoms with Gasteiger partial charge in [-0.05, 0) is 38.8 Å². The zero-order valence-electron chi connectivity index (χ0n) is 15.7. The number of carbonyl (C=O) groups excluding carboxylic acids is 1. The van der Waals surface area contributed by atoms with Crippen molar-refractivity contribution in [2.24, 2.45) is 7.05 Å². The van der Waals surface area contributed by atoms with Crippen LogP contribution in [0.25, 0.3) is 11.0 Å². The summed E-state index contributed by atoms with van der Waals surface area (Å²) in [5.74, 6) is 1.68. The number of nitrogens with one attached hydrogen (secondary N) is 1. The number of fused-ring (bicyclic) bond motifs is 2. The second kappa shape index (κ2) is 5.52. The highest BCUT2D eigenvalue weighted by molar-refractivity contribution is 6.06. The molecule has 7 nitrogen and oxygen atoms in total. The third-order valence-electron chi connectivity index (χ3n) is 5.85. The average molecular weight is 362 g/mol. The molecule has 138 valence electrons. The van der Waals surface area contributed by atoms with Gasteiger partial charge < -0.3 is 9.88 Å². The monoisotopic (exact) mass is 362 g/mol. The third-order valence-corrected chi connectivity index (χ3v) is 5.85. The number of carbonyl (C=O) groups is 1. The highest BCUT2D eigenvalue weighted by Crippen LogP contribution is 2.43. The first-order valence-corrected chi connectivity index (χ1v) is 9.30. The summed E-state index contributed by atoms with van der Waals surface area (Å²) in [6, 6.07) is 8.55. The van der Waals surface area contributed by atoms with Crippen molar-refractivity contribution >= 4 is 28.7 Å². The molecule has 2 aliphatic rings. The summed E-state index contributed by atoms with van der Waals surface area (Å²) in [5, 5.41) is 3.53. The molecule has 1 saturated carbocycles. The molecule has 0 atom stereocenters. The van der Waals surface area contributed by atoms with E-state index in [2.05, 4.69) is 30.9 Å². The molecule has 3 heterocycles. The number of benzene rings is 1. The van der Waals surface area contributed by atoms with Crippen molar-refractivity contribution in [3.63, 3.8) is 0 Å². The molecule has 3 aromatic rings. The van der Waals surface area contributed by atoms with Crippen LogP contribution in [0.3, 0.4) is 0 Å². The molecule has 0 unspecified atom stereocenters. The van der Waals surface area contributed by atoms with Crippen molar-refractivity contribution in [1.29, 1.82) is 0 Å². The first kappa shape index (κ1) is 16.2. The van der Waals surface area contributed by atoms with Gasteiger partial charge in [0, 0.05) is 31.5 Å². The Morgan fingerprint density at radius 3 is 2.67 bits per heavy atom. The first-order chi connectivity index (χ1) is 13.0. The molecule has 1 N–H and O–H groups in total. The second-order valence-electron chi connectivity index (χ2n) is 7.98. The minimum atomic E-state index is -0.612. The van der Waals surface area contributed by atoms with E-state index in [1.54, 1.807) is 12.4 Å². The molecule has 0 spiro atoms. The van der Waals surface area contributed by atoms with E-state index in [-0.39, 0.29) is 11.9 Å². The normalized spacial score (nSPS) is 23.4. The number of aromatic nitrogens is 4. The van der Waals surface area contributed by atoms with Crippen LogP contribution in [-0.2, 0) is 17.3 Å². The number of amides is 1. The van der Waals surface area contributed by atoms with Crippen LogP contribution in [0.4, 0.5) is 11.8 Å². The maximum absolute atomic E-state index is 13.0. The van der Waals surface area contributed by atoms with Gasteiger partial charge in [0.05, 0.1) is 22.1 Å². The number of anilines is 2. The molecule has 1 aromatic carbocycles. The van der Waals surface area contributed by atoms with Crippen molar-refractivity contribution in [2.45, 2.75) is 44.2 Å². The summed E-state index contributed by atoms with van der Waals surface area (Å²) >= 11 is 0. The Morgan fingerprint density at radius 1 is 1.15 bits per heavy atom. The van der Waals surface area contributed by atoms with Crippen LogP contribution in [0.5, 0.6) is 0 Å². The van der Waals surface area contributed by atoms with Gasteiger partial charge in [-0.3, -0.25) is 14.7 Å². The van der Waals surface area contributed by atoms with Crippen LogP contribution in [-0.4, -0.2) is 37.5 Å². The molecule has 1 fully saturated rings. The average Bonchev–Trinajstić information content (AvgIpc) is 3.05. The van der Waals surface area contributed by atoms with Crippen molar-refractivity contribution < 1.29 is 4.79 Å². The quantitative estimate of drug-likeness (QED) is 0.775. The second-order valence-corrected chi connectivity index (χ2v) is 7.98. The number of para-hydroxylation sites is 2. The largest absolute Gasteiger partial charge is 0.353 e. The van der Waals surface area contributed by atoms with Crippen LogP contribution < -0.4 is 10.2 Å². The van der Waals surface area contributed by atoms with Gasteiger partial charge in [-0.1, -0.05) is 12.1 Å². The van der Waals surface area contributed by atoms with Crippen molar-refractivity contribution in [1.82, 2.24) is 19.5 Å². The van der Waals surface area contributed by atoms with Gasteiger partial charge in [-0.15, -0.1) is 0 Å². The predicted molar refractivity (Wildman–Crippen MR) is 104 cm³/mol. The van der Waals surface area contributed by atoms with Gasteiger partial charge in [0.25, 0.3) is 0 Å². The molecule has 1 aliphatic heterocycles. The lowest BCUT2D eigenvalue weighted by Crippen LogP contribution is -2.53. The summed E-state index contributed by atoms with van der Waals surface area (Å²) in [6.07, 6.45) is 5.07. The van der Waals surface area contributed by atoms with Crippen LogP contribution in [0, 0.1) is 0 Å². The highest BCUT2D eigenvalue weighted by atomic mass is 16.2. The van der Waals surface area contributed by atoms with E-state index >= 15 is 0 Å². The molecule has 7 heteroatoms. The van der Waals surface area contributed by atoms with Gasteiger partial charge >= 0.3 is 0 Å². The summed E-state index contributed by atoms with van der Waals surface area (Å²) in [4.78, 5) is 28.4. The van der Waals surface area contributed by atoms with Crippen molar-refractivity contribution in [3.05, 3.63) is 42.4 Å². The fourth-order valence-electron chi connectivity index (χ4n) is 4.16. The number of rotatable bonds is 3. The SMILES string of the molecule is Cn1c(NC2CC(N3C(=O)C(C)(C)c4nccnc43)C2)nc2ccccc21. The van der Waals surface area contributed by atoms with Crippen molar-refractivity contribution in [3.8, 4) is 0 Å². The lowest BCUT2D eigenvalue weighted by Gasteiger charge is -2.41. The van der Waals surface area contributed by atoms with Crippen molar-refractivity contribution in [2.75, 3.05) is 10.2 Å². The number of hydrogen-bond acceptors (Lipinski definition) is 5. The number of nitrogens with zero attached hydrogens (tertiary/aromatic N) is 5. The van der Waals surface area contributed by atoms with E-state index in [1.165, 1.54) is 0 Å². The number of imidazole rings is 1. The molecule has 0 saturated heterocycles. The Labute approximate surface area is 157 Å². The minimum Gasteiger partial charge on any atom is -0.353 e. The van der Waals surface area contributed by atoms with Crippen LogP contribution >= 0.6 is 0 Å². The van der Waals surface area contributed by atoms with Gasteiger partial charge in [0.2, 0.25) is 11.9 Å². The zero-order chi connectivity index (χ0) is 18.8. The number of aryl methyl sites for hydroxylation is 1. The van der Waals surface area contributed by atoms with E-state index in [9.17, 15) is 4.79 Å². The molecular weight excluding hydrogens is 340 g/mol. The van der Waals surface area contributed by atoms with E-state index in [0.717, 1.165) is 41.3 Å². The summed E-state index contributed by atoms with van der Waals surface area (Å²) in [6.45, 7) is 3.85. The Morgan fingerprint density at radius 2 is 1.89 bits per heavy atom. The van der Waals surface area contributed by atoms with Gasteiger partial charge in [-0.2, -0.15) is 0 Å².